The zero-order chi connectivity index (χ0) is 28.4. The molecule has 0 unspecified atom stereocenters. The molecule has 1 aliphatic rings. The molecule has 0 saturated carbocycles. The van der Waals surface area contributed by atoms with Crippen molar-refractivity contribution in [3.05, 3.63) is 112 Å². The van der Waals surface area contributed by atoms with Gasteiger partial charge < -0.3 is 29.7 Å². The summed E-state index contributed by atoms with van der Waals surface area (Å²) in [5.41, 5.74) is 1.92. The van der Waals surface area contributed by atoms with E-state index in [0.717, 1.165) is 11.6 Å². The van der Waals surface area contributed by atoms with Gasteiger partial charge in [0, 0.05) is 22.1 Å². The first-order valence-electron chi connectivity index (χ1n) is 12.1. The van der Waals surface area contributed by atoms with Gasteiger partial charge in [-0.05, 0) is 66.2 Å². The van der Waals surface area contributed by atoms with Gasteiger partial charge in [-0.15, -0.1) is 0 Å². The lowest BCUT2D eigenvalue weighted by Crippen LogP contribution is -2.34. The van der Waals surface area contributed by atoms with Crippen LogP contribution in [-0.4, -0.2) is 45.1 Å². The van der Waals surface area contributed by atoms with E-state index < -0.39 is 17.8 Å². The fourth-order valence-electron chi connectivity index (χ4n) is 4.48. The number of para-hydroxylation sites is 1. The number of aromatic carboxylic acids is 2. The first-order chi connectivity index (χ1) is 19.2. The second kappa shape index (κ2) is 11.0. The van der Waals surface area contributed by atoms with E-state index in [0.29, 0.717) is 28.7 Å². The minimum atomic E-state index is -1.32. The number of aromatic nitrogens is 1. The molecule has 3 aromatic carbocycles. The van der Waals surface area contributed by atoms with Crippen LogP contribution in [-0.2, 0) is 17.9 Å². The largest absolute Gasteiger partial charge is 0.484 e. The Kier molecular flexibility index (Phi) is 7.26. The van der Waals surface area contributed by atoms with Gasteiger partial charge in [-0.25, -0.2) is 9.59 Å². The van der Waals surface area contributed by atoms with Crippen molar-refractivity contribution < 1.29 is 34.1 Å². The van der Waals surface area contributed by atoms with E-state index in [9.17, 15) is 29.4 Å². The number of carboxylic acid groups (broad SMARTS) is 2. The Hall–Kier alpha value is -5.09. The van der Waals surface area contributed by atoms with E-state index >= 15 is 0 Å². The molecule has 0 aliphatic carbocycles. The molecule has 4 aromatic rings. The summed E-state index contributed by atoms with van der Waals surface area (Å²) in [6.07, 6.45) is 0. The number of hydrogen-bond acceptors (Lipinski definition) is 5. The molecule has 1 aromatic heterocycles. The van der Waals surface area contributed by atoms with E-state index in [1.165, 1.54) is 12.1 Å². The van der Waals surface area contributed by atoms with Crippen molar-refractivity contribution in [3.8, 4) is 5.75 Å². The van der Waals surface area contributed by atoms with E-state index in [4.69, 9.17) is 16.3 Å². The van der Waals surface area contributed by atoms with Gasteiger partial charge in [0.15, 0.2) is 6.61 Å². The predicted octanol–water partition coefficient (Wildman–Crippen LogP) is 4.76. The number of ether oxygens (including phenoxy) is 1. The van der Waals surface area contributed by atoms with Crippen molar-refractivity contribution in [2.75, 3.05) is 16.8 Å². The molecule has 10 nitrogen and oxygen atoms in total. The Bertz CT molecular complexity index is 1610. The smallest absolute Gasteiger partial charge is 0.335 e. The highest BCUT2D eigenvalue weighted by molar-refractivity contribution is 6.30. The molecular formula is C29H22ClN3O7. The zero-order valence-electron chi connectivity index (χ0n) is 20.8. The topological polar surface area (TPSA) is 138 Å². The third-order valence-corrected chi connectivity index (χ3v) is 6.65. The number of benzene rings is 3. The number of nitrogens with one attached hydrogen (secondary N) is 1. The van der Waals surface area contributed by atoms with Crippen molar-refractivity contribution in [2.45, 2.75) is 13.1 Å². The molecule has 0 radical (unpaired) electrons. The summed E-state index contributed by atoms with van der Waals surface area (Å²) in [6.45, 7) is 0.249. The number of fused-ring (bicyclic) bond motifs is 2. The number of hydrogen-bond donors (Lipinski definition) is 3. The maximum absolute atomic E-state index is 13.3. The molecule has 0 saturated heterocycles. The molecule has 5 rings (SSSR count). The Labute approximate surface area is 233 Å². The van der Waals surface area contributed by atoms with Crippen LogP contribution in [0, 0.1) is 0 Å². The second-order valence-corrected chi connectivity index (χ2v) is 9.45. The van der Waals surface area contributed by atoms with Crippen LogP contribution in [0.4, 0.5) is 11.4 Å². The normalized spacial score (nSPS) is 12.1. The van der Waals surface area contributed by atoms with Gasteiger partial charge >= 0.3 is 11.9 Å². The molecule has 2 amide bonds. The summed E-state index contributed by atoms with van der Waals surface area (Å²) < 4.78 is 7.44. The minimum absolute atomic E-state index is 0.0306. The number of nitrogens with zero attached hydrogens (tertiary/aromatic N) is 2. The third-order valence-electron chi connectivity index (χ3n) is 6.40. The van der Waals surface area contributed by atoms with Gasteiger partial charge in [-0.2, -0.15) is 0 Å². The lowest BCUT2D eigenvalue weighted by atomic mass is 10.1. The van der Waals surface area contributed by atoms with Crippen LogP contribution < -0.4 is 15.0 Å². The highest BCUT2D eigenvalue weighted by atomic mass is 35.5. The Morgan fingerprint density at radius 2 is 1.52 bits per heavy atom. The maximum Gasteiger partial charge on any atom is 0.335 e. The lowest BCUT2D eigenvalue weighted by Gasteiger charge is -2.22. The monoisotopic (exact) mass is 559 g/mol. The average molecular weight is 560 g/mol. The van der Waals surface area contributed by atoms with Crippen LogP contribution in [0.3, 0.4) is 0 Å². The first-order valence-corrected chi connectivity index (χ1v) is 12.5. The van der Waals surface area contributed by atoms with Gasteiger partial charge in [0.2, 0.25) is 0 Å². The molecule has 2 heterocycles. The first kappa shape index (κ1) is 26.5. The van der Waals surface area contributed by atoms with Gasteiger partial charge in [0.05, 0.1) is 24.2 Å². The number of amides is 2. The van der Waals surface area contributed by atoms with Crippen molar-refractivity contribution in [1.82, 2.24) is 4.57 Å². The number of carbonyl (C=O) groups is 4. The summed E-state index contributed by atoms with van der Waals surface area (Å²) >= 11 is 5.92. The fourth-order valence-corrected chi connectivity index (χ4v) is 4.60. The standard InChI is InChI=1S/C29H22ClN3O7/c30-20-5-8-23(9-6-20)40-16-26(34)33-15-22-7-10-25(32(22)14-17-3-1-2-4-24(17)33)27(35)31-21-12-18(28(36)37)11-19(13-21)29(38)39/h1-13H,14-16H2,(H,31,35)(H,36,37)(H,38,39). The Balaban J connectivity index is 1.41. The van der Waals surface area contributed by atoms with E-state index in [1.807, 2.05) is 24.3 Å². The molecule has 1 aliphatic heterocycles. The third kappa shape index (κ3) is 5.52. The molecule has 0 spiro atoms. The molecular weight excluding hydrogens is 538 g/mol. The van der Waals surface area contributed by atoms with Crippen LogP contribution in [0.15, 0.2) is 78.9 Å². The summed E-state index contributed by atoms with van der Waals surface area (Å²) in [5.74, 6) is -2.99. The summed E-state index contributed by atoms with van der Waals surface area (Å²) in [4.78, 5) is 51.1. The zero-order valence-corrected chi connectivity index (χ0v) is 21.6. The number of carboxylic acids is 2. The average Bonchev–Trinajstić information content (AvgIpc) is 3.25. The molecule has 0 atom stereocenters. The number of carbonyl (C=O) groups excluding carboxylic acids is 2. The van der Waals surface area contributed by atoms with Gasteiger partial charge in [0.25, 0.3) is 11.8 Å². The molecule has 11 heteroatoms. The molecule has 202 valence electrons. The molecule has 3 N–H and O–H groups in total. The fraction of sp³-hybridized carbons (Fsp3) is 0.103. The predicted molar refractivity (Wildman–Crippen MR) is 146 cm³/mol. The summed E-state index contributed by atoms with van der Waals surface area (Å²) in [5, 5.41) is 21.8. The van der Waals surface area contributed by atoms with Crippen molar-refractivity contribution in [1.29, 1.82) is 0 Å². The van der Waals surface area contributed by atoms with Crippen LogP contribution >= 0.6 is 11.6 Å². The van der Waals surface area contributed by atoms with E-state index in [1.54, 1.807) is 45.9 Å². The quantitative estimate of drug-likeness (QED) is 0.296. The van der Waals surface area contributed by atoms with E-state index in [-0.39, 0.29) is 41.6 Å². The molecule has 0 bridgehead atoms. The summed E-state index contributed by atoms with van der Waals surface area (Å²) in [6, 6.07) is 20.8. The van der Waals surface area contributed by atoms with E-state index in [2.05, 4.69) is 5.32 Å². The van der Waals surface area contributed by atoms with Crippen molar-refractivity contribution in [2.24, 2.45) is 0 Å². The van der Waals surface area contributed by atoms with Crippen LogP contribution in [0.1, 0.15) is 42.5 Å². The van der Waals surface area contributed by atoms with Crippen LogP contribution in [0.25, 0.3) is 0 Å². The Morgan fingerprint density at radius 3 is 2.20 bits per heavy atom. The SMILES string of the molecule is O=C(O)c1cc(NC(=O)c2ccc3n2Cc2ccccc2N(C(=O)COc2ccc(Cl)cc2)C3)cc(C(=O)O)c1. The number of halogens is 1. The number of rotatable bonds is 7. The second-order valence-electron chi connectivity index (χ2n) is 9.01. The summed E-state index contributed by atoms with van der Waals surface area (Å²) in [7, 11) is 0. The van der Waals surface area contributed by atoms with Crippen molar-refractivity contribution >= 4 is 46.7 Å². The lowest BCUT2D eigenvalue weighted by molar-refractivity contribution is -0.120. The number of anilines is 2. The Morgan fingerprint density at radius 1 is 0.850 bits per heavy atom. The maximum atomic E-state index is 13.3. The van der Waals surface area contributed by atoms with Crippen molar-refractivity contribution in [3.63, 3.8) is 0 Å². The highest BCUT2D eigenvalue weighted by Crippen LogP contribution is 2.30. The van der Waals surface area contributed by atoms with Crippen LogP contribution in [0.5, 0.6) is 5.75 Å². The minimum Gasteiger partial charge on any atom is -0.484 e. The highest BCUT2D eigenvalue weighted by Gasteiger charge is 2.27. The van der Waals surface area contributed by atoms with Gasteiger partial charge in [-0.3, -0.25) is 9.59 Å². The van der Waals surface area contributed by atoms with Gasteiger partial charge in [-0.1, -0.05) is 29.8 Å². The van der Waals surface area contributed by atoms with Crippen LogP contribution in [0.2, 0.25) is 5.02 Å². The van der Waals surface area contributed by atoms with Gasteiger partial charge in [0.1, 0.15) is 11.4 Å². The molecule has 40 heavy (non-hydrogen) atoms. The molecule has 0 fully saturated rings.